The van der Waals surface area contributed by atoms with E-state index in [2.05, 4.69) is 20.9 Å². The van der Waals surface area contributed by atoms with E-state index < -0.39 is 24.5 Å². The van der Waals surface area contributed by atoms with Crippen molar-refractivity contribution in [2.45, 2.75) is 24.5 Å². The van der Waals surface area contributed by atoms with Crippen molar-refractivity contribution in [2.24, 2.45) is 0 Å². The zero-order chi connectivity index (χ0) is 13.6. The second-order valence-electron chi connectivity index (χ2n) is 4.18. The fourth-order valence-electron chi connectivity index (χ4n) is 2.08. The highest BCUT2D eigenvalue weighted by Gasteiger charge is 2.43. The Morgan fingerprint density at radius 3 is 2.79 bits per heavy atom. The lowest BCUT2D eigenvalue weighted by Gasteiger charge is -2.16. The molecule has 1 aliphatic heterocycles. The van der Waals surface area contributed by atoms with E-state index in [0.717, 1.165) is 0 Å². The van der Waals surface area contributed by atoms with Crippen LogP contribution >= 0.6 is 0 Å². The van der Waals surface area contributed by atoms with E-state index in [-0.39, 0.29) is 5.82 Å². The molecule has 8 nitrogen and oxygen atoms in total. The summed E-state index contributed by atoms with van der Waals surface area (Å²) in [4.78, 5) is 11.9. The lowest BCUT2D eigenvalue weighted by Crippen LogP contribution is -2.30. The van der Waals surface area contributed by atoms with Gasteiger partial charge in [0.2, 0.25) is 0 Å². The van der Waals surface area contributed by atoms with Gasteiger partial charge in [-0.2, -0.15) is 0 Å². The molecule has 0 radical (unpaired) electrons. The molecule has 1 fully saturated rings. The van der Waals surface area contributed by atoms with Crippen LogP contribution in [-0.4, -0.2) is 48.0 Å². The maximum absolute atomic E-state index is 9.97. The monoisotopic (exact) mass is 261 g/mol. The summed E-state index contributed by atoms with van der Waals surface area (Å²) in [6.07, 6.45) is 3.84. The van der Waals surface area contributed by atoms with Crippen molar-refractivity contribution in [3.63, 3.8) is 0 Å². The molecule has 1 aliphatic rings. The van der Waals surface area contributed by atoms with Gasteiger partial charge < -0.3 is 20.7 Å². The molecule has 19 heavy (non-hydrogen) atoms. The van der Waals surface area contributed by atoms with E-state index in [0.29, 0.717) is 11.2 Å². The number of nitrogens with zero attached hydrogens (tertiary/aromatic N) is 4. The quantitative estimate of drug-likeness (QED) is 0.543. The highest BCUT2D eigenvalue weighted by atomic mass is 16.6. The Morgan fingerprint density at radius 1 is 1.32 bits per heavy atom. The number of ether oxygens (including phenoxy) is 1. The highest BCUT2D eigenvalue weighted by Crippen LogP contribution is 2.31. The van der Waals surface area contributed by atoms with Gasteiger partial charge in [0.15, 0.2) is 17.7 Å². The first-order valence-electron chi connectivity index (χ1n) is 5.54. The van der Waals surface area contributed by atoms with Crippen molar-refractivity contribution < 1.29 is 14.9 Å². The van der Waals surface area contributed by atoms with Crippen LogP contribution in [0.25, 0.3) is 11.2 Å². The molecule has 2 aromatic rings. The fourth-order valence-corrected chi connectivity index (χ4v) is 2.08. The van der Waals surface area contributed by atoms with E-state index in [1.165, 1.54) is 17.2 Å². The third-order valence-corrected chi connectivity index (χ3v) is 3.06. The number of aliphatic hydroxyl groups is 2. The van der Waals surface area contributed by atoms with Gasteiger partial charge in [-0.25, -0.2) is 15.0 Å². The summed E-state index contributed by atoms with van der Waals surface area (Å²) in [6, 6.07) is 0. The Labute approximate surface area is 107 Å². The zero-order valence-electron chi connectivity index (χ0n) is 9.71. The number of hydrogen-bond donors (Lipinski definition) is 3. The van der Waals surface area contributed by atoms with E-state index in [1.54, 1.807) is 0 Å². The standard InChI is InChI=1S/C11H11N5O3/c1-2-5-7(17)8(18)11(19-5)16-4-15-6-9(12)13-3-14-10(6)16/h1,3-5,7-8,11,17-18H,(H2,12,13,14)/t5-,7-,8-,11-/m1/s1. The van der Waals surface area contributed by atoms with Crippen LogP contribution in [0, 0.1) is 12.3 Å². The second-order valence-corrected chi connectivity index (χ2v) is 4.18. The Bertz CT molecular complexity index is 664. The lowest BCUT2D eigenvalue weighted by molar-refractivity contribution is -0.0230. The van der Waals surface area contributed by atoms with Gasteiger partial charge in [-0.05, 0) is 0 Å². The number of fused-ring (bicyclic) bond motifs is 1. The molecule has 0 saturated carbocycles. The predicted molar refractivity (Wildman–Crippen MR) is 64.5 cm³/mol. The first-order valence-corrected chi connectivity index (χ1v) is 5.54. The number of imidazole rings is 1. The van der Waals surface area contributed by atoms with Crippen molar-refractivity contribution in [2.75, 3.05) is 5.73 Å². The minimum atomic E-state index is -1.17. The molecule has 1 saturated heterocycles. The topological polar surface area (TPSA) is 119 Å². The van der Waals surface area contributed by atoms with Gasteiger partial charge in [0.25, 0.3) is 0 Å². The first kappa shape index (κ1) is 11.9. The summed E-state index contributed by atoms with van der Waals surface area (Å²) in [6.45, 7) is 0. The number of terminal acetylenes is 1. The third kappa shape index (κ3) is 1.64. The van der Waals surface area contributed by atoms with E-state index in [1.807, 2.05) is 0 Å². The Hall–Kier alpha value is -2.21. The van der Waals surface area contributed by atoms with Gasteiger partial charge in [0.05, 0.1) is 6.33 Å². The van der Waals surface area contributed by atoms with Crippen LogP contribution in [0.4, 0.5) is 5.82 Å². The van der Waals surface area contributed by atoms with Gasteiger partial charge in [0.1, 0.15) is 30.2 Å². The number of aliphatic hydroxyl groups excluding tert-OH is 2. The summed E-state index contributed by atoms with van der Waals surface area (Å²) in [5.74, 6) is 2.50. The Balaban J connectivity index is 2.07. The van der Waals surface area contributed by atoms with Crippen molar-refractivity contribution in [3.05, 3.63) is 12.7 Å². The number of nitrogen functional groups attached to an aromatic ring is 1. The highest BCUT2D eigenvalue weighted by molar-refractivity contribution is 5.81. The van der Waals surface area contributed by atoms with Gasteiger partial charge in [-0.1, -0.05) is 5.92 Å². The van der Waals surface area contributed by atoms with Crippen LogP contribution in [0.2, 0.25) is 0 Å². The minimum Gasteiger partial charge on any atom is -0.386 e. The summed E-state index contributed by atoms with van der Waals surface area (Å²) in [5.41, 5.74) is 6.48. The zero-order valence-corrected chi connectivity index (χ0v) is 9.71. The molecular weight excluding hydrogens is 250 g/mol. The molecular formula is C11H11N5O3. The van der Waals surface area contributed by atoms with Gasteiger partial charge in [-0.3, -0.25) is 4.57 Å². The molecule has 3 rings (SSSR count). The van der Waals surface area contributed by atoms with E-state index in [4.69, 9.17) is 16.9 Å². The summed E-state index contributed by atoms with van der Waals surface area (Å²) >= 11 is 0. The molecule has 0 bridgehead atoms. The van der Waals surface area contributed by atoms with Crippen molar-refractivity contribution in [3.8, 4) is 12.3 Å². The largest absolute Gasteiger partial charge is 0.386 e. The predicted octanol–water partition coefficient (Wildman–Crippen LogP) is -1.34. The van der Waals surface area contributed by atoms with Crippen molar-refractivity contribution >= 4 is 17.0 Å². The average Bonchev–Trinajstić information content (AvgIpc) is 2.94. The van der Waals surface area contributed by atoms with Crippen molar-refractivity contribution in [1.82, 2.24) is 19.5 Å². The smallest absolute Gasteiger partial charge is 0.167 e. The summed E-state index contributed by atoms with van der Waals surface area (Å²) < 4.78 is 6.88. The Kier molecular flexibility index (Phi) is 2.60. The fraction of sp³-hybridized carbons (Fsp3) is 0.364. The van der Waals surface area contributed by atoms with Crippen LogP contribution in [0.1, 0.15) is 6.23 Å². The van der Waals surface area contributed by atoms with Crippen LogP contribution < -0.4 is 5.73 Å². The van der Waals surface area contributed by atoms with E-state index in [9.17, 15) is 10.2 Å². The molecule has 0 amide bonds. The molecule has 0 aromatic carbocycles. The van der Waals surface area contributed by atoms with E-state index >= 15 is 0 Å². The molecule has 2 aromatic heterocycles. The average molecular weight is 261 g/mol. The summed E-state index contributed by atoms with van der Waals surface area (Å²) in [7, 11) is 0. The van der Waals surface area contributed by atoms with Crippen molar-refractivity contribution in [1.29, 1.82) is 0 Å². The molecule has 0 unspecified atom stereocenters. The molecule has 0 spiro atoms. The van der Waals surface area contributed by atoms with Crippen LogP contribution in [0.3, 0.4) is 0 Å². The maximum atomic E-state index is 9.97. The molecule has 3 heterocycles. The van der Waals surface area contributed by atoms with Gasteiger partial charge >= 0.3 is 0 Å². The second kappa shape index (κ2) is 4.17. The Morgan fingerprint density at radius 2 is 2.11 bits per heavy atom. The summed E-state index contributed by atoms with van der Waals surface area (Å²) in [5, 5.41) is 19.7. The number of nitrogens with two attached hydrogens (primary N) is 1. The number of anilines is 1. The molecule has 4 N–H and O–H groups in total. The molecule has 8 heteroatoms. The number of hydrogen-bond acceptors (Lipinski definition) is 7. The number of rotatable bonds is 1. The molecule has 98 valence electrons. The van der Waals surface area contributed by atoms with Crippen LogP contribution in [-0.2, 0) is 4.74 Å². The van der Waals surface area contributed by atoms with Crippen LogP contribution in [0.15, 0.2) is 12.7 Å². The SMILES string of the molecule is C#C[C@H]1O[C@@H](n2cnc3c(N)ncnc32)[C@H](O)[C@@H]1O. The minimum absolute atomic E-state index is 0.227. The maximum Gasteiger partial charge on any atom is 0.167 e. The first-order chi connectivity index (χ1) is 9.13. The lowest BCUT2D eigenvalue weighted by atomic mass is 10.1. The third-order valence-electron chi connectivity index (χ3n) is 3.06. The van der Waals surface area contributed by atoms with Gasteiger partial charge in [0, 0.05) is 0 Å². The normalized spacial score (nSPS) is 30.6. The van der Waals surface area contributed by atoms with Crippen LogP contribution in [0.5, 0.6) is 0 Å². The molecule has 0 aliphatic carbocycles. The number of aromatic nitrogens is 4. The molecule has 4 atom stereocenters. The van der Waals surface area contributed by atoms with Gasteiger partial charge in [-0.15, -0.1) is 6.42 Å².